The highest BCUT2D eigenvalue weighted by molar-refractivity contribution is 6.16. The van der Waals surface area contributed by atoms with Gasteiger partial charge in [0.15, 0.2) is 0 Å². The van der Waals surface area contributed by atoms with Crippen molar-refractivity contribution in [3.05, 3.63) is 133 Å². The van der Waals surface area contributed by atoms with E-state index < -0.39 is 0 Å². The van der Waals surface area contributed by atoms with Crippen molar-refractivity contribution in [1.82, 2.24) is 19.9 Å². The van der Waals surface area contributed by atoms with Gasteiger partial charge in [-0.2, -0.15) is 0 Å². The molecule has 4 aromatic carbocycles. The molecule has 0 amide bonds. The molecule has 0 fully saturated rings. The lowest BCUT2D eigenvalue weighted by Crippen LogP contribution is -2.05. The van der Waals surface area contributed by atoms with Crippen LogP contribution in [0.1, 0.15) is 5.56 Å². The zero-order valence-electron chi connectivity index (χ0n) is 23.7. The molecule has 206 valence electrons. The number of fused-ring (bicyclic) bond motifs is 7. The molecule has 44 heavy (non-hydrogen) atoms. The largest absolute Gasteiger partial charge is 0.379 e. The van der Waals surface area contributed by atoms with E-state index >= 15 is 0 Å². The van der Waals surface area contributed by atoms with Crippen molar-refractivity contribution in [2.45, 2.75) is 0 Å². The first kappa shape index (κ1) is 24.6. The minimum atomic E-state index is 0.817. The minimum Gasteiger partial charge on any atom is -0.379 e. The number of benzene rings is 4. The lowest BCUT2D eigenvalue weighted by molar-refractivity contribution is 1.30. The van der Waals surface area contributed by atoms with E-state index in [-0.39, 0.29) is 0 Å². The van der Waals surface area contributed by atoms with Crippen LogP contribution in [0.2, 0.25) is 0 Å². The van der Waals surface area contributed by atoms with Gasteiger partial charge in [0.05, 0.1) is 33.4 Å². The summed E-state index contributed by atoms with van der Waals surface area (Å²) in [4.78, 5) is 19.5. The van der Waals surface area contributed by atoms with Crippen molar-refractivity contribution in [2.24, 2.45) is 0 Å². The number of hydrogen-bond donors (Lipinski definition) is 1. The molecule has 5 nitrogen and oxygen atoms in total. The molecule has 0 bridgehead atoms. The van der Waals surface area contributed by atoms with Gasteiger partial charge < -0.3 is 5.32 Å². The van der Waals surface area contributed by atoms with Gasteiger partial charge in [-0.3, -0.25) is 9.97 Å². The molecular formula is C39H25N5. The number of hydrogen-bond acceptors (Lipinski definition) is 5. The Morgan fingerprint density at radius 2 is 1.45 bits per heavy atom. The third-order valence-electron chi connectivity index (χ3n) is 8.59. The molecule has 5 heteroatoms. The summed E-state index contributed by atoms with van der Waals surface area (Å²) in [6.07, 6.45) is 9.93. The van der Waals surface area contributed by atoms with Crippen LogP contribution in [0.5, 0.6) is 0 Å². The zero-order valence-corrected chi connectivity index (χ0v) is 23.7. The Hall–Kier alpha value is -5.94. The number of rotatable bonds is 3. The van der Waals surface area contributed by atoms with Crippen molar-refractivity contribution in [3.8, 4) is 33.5 Å². The molecule has 8 aromatic rings. The van der Waals surface area contributed by atoms with Gasteiger partial charge in [-0.25, -0.2) is 9.97 Å². The van der Waals surface area contributed by atoms with E-state index in [0.717, 1.165) is 89.4 Å². The molecule has 1 aliphatic rings. The number of nitrogens with zero attached hydrogens (tertiary/aromatic N) is 4. The number of pyridine rings is 4. The Morgan fingerprint density at radius 1 is 0.591 bits per heavy atom. The fourth-order valence-electron chi connectivity index (χ4n) is 6.50. The Labute approximate surface area is 253 Å². The molecule has 0 radical (unpaired) electrons. The number of aromatic nitrogens is 4. The van der Waals surface area contributed by atoms with Gasteiger partial charge >= 0.3 is 0 Å². The fourth-order valence-corrected chi connectivity index (χ4v) is 6.50. The van der Waals surface area contributed by atoms with Crippen molar-refractivity contribution in [3.63, 3.8) is 0 Å². The molecule has 0 spiro atoms. The second-order valence-electron chi connectivity index (χ2n) is 11.1. The Bertz CT molecular complexity index is 2430. The molecule has 0 saturated heterocycles. The maximum atomic E-state index is 5.21. The van der Waals surface area contributed by atoms with E-state index in [9.17, 15) is 0 Å². The first-order valence-corrected chi connectivity index (χ1v) is 14.8. The molecule has 0 unspecified atom stereocenters. The smallest absolute Gasteiger partial charge is 0.0978 e. The molecule has 0 aliphatic carbocycles. The average molecular weight is 564 g/mol. The summed E-state index contributed by atoms with van der Waals surface area (Å²) in [5.41, 5.74) is 12.5. The van der Waals surface area contributed by atoms with Crippen LogP contribution in [0.3, 0.4) is 0 Å². The Kier molecular flexibility index (Phi) is 5.50. The first-order valence-electron chi connectivity index (χ1n) is 14.8. The van der Waals surface area contributed by atoms with Crippen LogP contribution in [-0.4, -0.2) is 26.5 Å². The van der Waals surface area contributed by atoms with Crippen LogP contribution in [0.4, 0.5) is 5.69 Å². The van der Waals surface area contributed by atoms with Crippen LogP contribution in [0.25, 0.3) is 83.2 Å². The van der Waals surface area contributed by atoms with E-state index in [2.05, 4.69) is 113 Å². The topological polar surface area (TPSA) is 63.6 Å². The number of nitrogens with one attached hydrogen (secondary N) is 1. The van der Waals surface area contributed by atoms with Gasteiger partial charge in [0.1, 0.15) is 0 Å². The summed E-state index contributed by atoms with van der Waals surface area (Å²) in [6.45, 7) is 0.817. The van der Waals surface area contributed by atoms with Gasteiger partial charge in [0.2, 0.25) is 0 Å². The molecule has 9 rings (SSSR count). The van der Waals surface area contributed by atoms with E-state index in [1.54, 1.807) is 0 Å². The van der Waals surface area contributed by atoms with Crippen LogP contribution in [0.15, 0.2) is 128 Å². The Morgan fingerprint density at radius 3 is 2.36 bits per heavy atom. The predicted molar refractivity (Wildman–Crippen MR) is 181 cm³/mol. The molecule has 0 atom stereocenters. The highest BCUT2D eigenvalue weighted by Gasteiger charge is 2.16. The van der Waals surface area contributed by atoms with Gasteiger partial charge in [-0.05, 0) is 41.0 Å². The molecule has 1 aliphatic heterocycles. The van der Waals surface area contributed by atoms with Crippen molar-refractivity contribution in [1.29, 1.82) is 0 Å². The summed E-state index contributed by atoms with van der Waals surface area (Å²) in [5.74, 6) is 0. The molecule has 5 heterocycles. The summed E-state index contributed by atoms with van der Waals surface area (Å²) < 4.78 is 0. The summed E-state index contributed by atoms with van der Waals surface area (Å²) in [6, 6.07) is 36.1. The van der Waals surface area contributed by atoms with Crippen molar-refractivity contribution < 1.29 is 0 Å². The summed E-state index contributed by atoms with van der Waals surface area (Å²) in [5, 5.41) is 7.88. The van der Waals surface area contributed by atoms with Crippen LogP contribution in [-0.2, 0) is 0 Å². The second-order valence-corrected chi connectivity index (χ2v) is 11.1. The maximum absolute atomic E-state index is 5.21. The normalized spacial score (nSPS) is 12.5. The predicted octanol–water partition coefficient (Wildman–Crippen LogP) is 9.32. The van der Waals surface area contributed by atoms with E-state index in [4.69, 9.17) is 15.0 Å². The molecule has 4 aromatic heterocycles. The third kappa shape index (κ3) is 3.87. The standard InChI is InChI=1S/C39H25N5/c1-2-8-34-31(7-1)35(28-6-3-20-40-23-28)32-17-14-27-15-18-33(43-37(27)39(32)44-34)25-11-9-24(10-12-25)29-19-22-42-38-30(29)16-13-26-5-4-21-41-36(26)38/h1-20,22-23,41H,21H2. The van der Waals surface area contributed by atoms with Crippen LogP contribution >= 0.6 is 0 Å². The molecule has 1 N–H and O–H groups in total. The molecule has 0 saturated carbocycles. The highest BCUT2D eigenvalue weighted by Crippen LogP contribution is 2.38. The van der Waals surface area contributed by atoms with E-state index in [0.29, 0.717) is 0 Å². The monoisotopic (exact) mass is 563 g/mol. The lowest BCUT2D eigenvalue weighted by Gasteiger charge is -2.16. The summed E-state index contributed by atoms with van der Waals surface area (Å²) >= 11 is 0. The lowest BCUT2D eigenvalue weighted by atomic mass is 9.95. The highest BCUT2D eigenvalue weighted by atomic mass is 14.9. The van der Waals surface area contributed by atoms with Crippen LogP contribution < -0.4 is 5.32 Å². The van der Waals surface area contributed by atoms with Gasteiger partial charge in [0.25, 0.3) is 0 Å². The SMILES string of the molecule is C1=Cc2ccc3c(-c4ccc(-c5ccc6ccc7c(-c8cccnc8)c8ccccc8nc7c6n5)cc4)ccnc3c2NC1. The van der Waals surface area contributed by atoms with Crippen LogP contribution in [0, 0.1) is 0 Å². The van der Waals surface area contributed by atoms with Gasteiger partial charge in [0, 0.05) is 63.4 Å². The maximum Gasteiger partial charge on any atom is 0.0978 e. The average Bonchev–Trinajstić information content (AvgIpc) is 3.10. The number of anilines is 1. The number of para-hydroxylation sites is 1. The van der Waals surface area contributed by atoms with E-state index in [1.807, 2.05) is 30.7 Å². The zero-order chi connectivity index (χ0) is 29.0. The third-order valence-corrected chi connectivity index (χ3v) is 8.59. The minimum absolute atomic E-state index is 0.817. The van der Waals surface area contributed by atoms with Gasteiger partial charge in [-0.15, -0.1) is 0 Å². The molecular weight excluding hydrogens is 538 g/mol. The Balaban J connectivity index is 1.18. The second kappa shape index (κ2) is 9.82. The van der Waals surface area contributed by atoms with E-state index in [1.165, 1.54) is 5.56 Å². The van der Waals surface area contributed by atoms with Crippen molar-refractivity contribution >= 4 is 55.4 Å². The first-order chi connectivity index (χ1) is 21.8. The summed E-state index contributed by atoms with van der Waals surface area (Å²) in [7, 11) is 0. The van der Waals surface area contributed by atoms with Crippen molar-refractivity contribution in [2.75, 3.05) is 11.9 Å². The van der Waals surface area contributed by atoms with Gasteiger partial charge in [-0.1, -0.05) is 91.0 Å². The fraction of sp³-hybridized carbons (Fsp3) is 0.0256. The quantitative estimate of drug-likeness (QED) is 0.171.